The number of nitrogens with zero attached hydrogens (tertiary/aromatic N) is 2. The van der Waals surface area contributed by atoms with E-state index in [0.717, 1.165) is 17.0 Å². The van der Waals surface area contributed by atoms with Crippen LogP contribution < -0.4 is 30.2 Å². The Kier molecular flexibility index (Phi) is 6.69. The standard InChI is InChI=1S/C27H27N3O5/c1-16-13-23-25(27(31)30(16)12-11-17-5-7-18(32-2)8-6-17)24(21(15-28)26(29)35-23)20-10-9-19(33-3)14-22(20)34-4/h5-10,13-14,24H,11-12,29H2,1-4H3. The summed E-state index contributed by atoms with van der Waals surface area (Å²) in [6.45, 7) is 2.31. The minimum Gasteiger partial charge on any atom is -0.497 e. The molecule has 1 aromatic heterocycles. The van der Waals surface area contributed by atoms with Crippen LogP contribution in [-0.2, 0) is 13.0 Å². The molecule has 2 heterocycles. The molecule has 8 heteroatoms. The van der Waals surface area contributed by atoms with Gasteiger partial charge in [0, 0.05) is 29.9 Å². The Morgan fingerprint density at radius 1 is 1.03 bits per heavy atom. The molecule has 0 saturated heterocycles. The van der Waals surface area contributed by atoms with E-state index in [0.29, 0.717) is 41.3 Å². The van der Waals surface area contributed by atoms with E-state index in [4.69, 9.17) is 24.7 Å². The first kappa shape index (κ1) is 23.8. The van der Waals surface area contributed by atoms with Crippen LogP contribution in [0.1, 0.15) is 28.3 Å². The van der Waals surface area contributed by atoms with E-state index in [9.17, 15) is 10.1 Å². The fourth-order valence-electron chi connectivity index (χ4n) is 4.37. The molecule has 4 rings (SSSR count). The number of hydrogen-bond donors (Lipinski definition) is 1. The molecule has 1 unspecified atom stereocenters. The van der Waals surface area contributed by atoms with Gasteiger partial charge in [0.05, 0.1) is 32.8 Å². The smallest absolute Gasteiger partial charge is 0.258 e. The Hall–Kier alpha value is -4.38. The lowest BCUT2D eigenvalue weighted by molar-refractivity contribution is 0.378. The number of fused-ring (bicyclic) bond motifs is 1. The van der Waals surface area contributed by atoms with E-state index in [1.165, 1.54) is 7.11 Å². The van der Waals surface area contributed by atoms with Crippen molar-refractivity contribution in [2.45, 2.75) is 25.8 Å². The first-order chi connectivity index (χ1) is 16.9. The molecule has 2 aromatic carbocycles. The minimum absolute atomic E-state index is 0.0300. The number of aromatic nitrogens is 1. The fraction of sp³-hybridized carbons (Fsp3) is 0.259. The maximum atomic E-state index is 13.9. The number of nitriles is 1. The van der Waals surface area contributed by atoms with Crippen molar-refractivity contribution in [1.82, 2.24) is 4.57 Å². The predicted molar refractivity (Wildman–Crippen MR) is 131 cm³/mol. The summed E-state index contributed by atoms with van der Waals surface area (Å²) in [7, 11) is 4.71. The van der Waals surface area contributed by atoms with Crippen molar-refractivity contribution in [1.29, 1.82) is 5.26 Å². The molecule has 8 nitrogen and oxygen atoms in total. The Morgan fingerprint density at radius 2 is 1.71 bits per heavy atom. The van der Waals surface area contributed by atoms with Crippen LogP contribution in [-0.4, -0.2) is 25.9 Å². The summed E-state index contributed by atoms with van der Waals surface area (Å²) in [5.74, 6) is 1.41. The average Bonchev–Trinajstić information content (AvgIpc) is 2.87. The molecule has 0 amide bonds. The largest absolute Gasteiger partial charge is 0.497 e. The zero-order valence-electron chi connectivity index (χ0n) is 20.1. The van der Waals surface area contributed by atoms with Gasteiger partial charge in [-0.3, -0.25) is 4.79 Å². The van der Waals surface area contributed by atoms with Crippen LogP contribution in [0.15, 0.2) is 64.8 Å². The topological polar surface area (TPSA) is 109 Å². The van der Waals surface area contributed by atoms with Gasteiger partial charge in [-0.2, -0.15) is 5.26 Å². The number of nitrogens with two attached hydrogens (primary N) is 1. The average molecular weight is 474 g/mol. The maximum Gasteiger partial charge on any atom is 0.258 e. The monoisotopic (exact) mass is 473 g/mol. The summed E-state index contributed by atoms with van der Waals surface area (Å²) >= 11 is 0. The van der Waals surface area contributed by atoms with Crippen LogP contribution in [0.25, 0.3) is 0 Å². The van der Waals surface area contributed by atoms with E-state index >= 15 is 0 Å². The summed E-state index contributed by atoms with van der Waals surface area (Å²) in [5, 5.41) is 9.94. The number of benzene rings is 2. The summed E-state index contributed by atoms with van der Waals surface area (Å²) in [6.07, 6.45) is 0.643. The Balaban J connectivity index is 1.82. The Bertz CT molecular complexity index is 1380. The van der Waals surface area contributed by atoms with Crippen molar-refractivity contribution in [2.24, 2.45) is 5.73 Å². The summed E-state index contributed by atoms with van der Waals surface area (Å²) in [6, 6.07) is 16.9. The number of rotatable bonds is 7. The lowest BCUT2D eigenvalue weighted by Crippen LogP contribution is -2.33. The molecule has 0 radical (unpaired) electrons. The zero-order chi connectivity index (χ0) is 25.1. The lowest BCUT2D eigenvalue weighted by atomic mass is 9.83. The highest BCUT2D eigenvalue weighted by Gasteiger charge is 2.36. The van der Waals surface area contributed by atoms with E-state index in [1.54, 1.807) is 43.1 Å². The Morgan fingerprint density at radius 3 is 2.34 bits per heavy atom. The first-order valence-electron chi connectivity index (χ1n) is 11.1. The SMILES string of the molecule is COc1ccc(CCn2c(C)cc3c(c2=O)C(c2ccc(OC)cc2OC)C(C#N)=C(N)O3)cc1. The number of methoxy groups -OCH3 is 3. The molecule has 3 aromatic rings. The van der Waals surface area contributed by atoms with Crippen molar-refractivity contribution in [3.8, 4) is 29.1 Å². The van der Waals surface area contributed by atoms with Gasteiger partial charge < -0.3 is 29.2 Å². The van der Waals surface area contributed by atoms with Crippen LogP contribution in [0.2, 0.25) is 0 Å². The normalized spacial score (nSPS) is 14.5. The van der Waals surface area contributed by atoms with Crippen LogP contribution in [0.5, 0.6) is 23.0 Å². The summed E-state index contributed by atoms with van der Waals surface area (Å²) in [5.41, 5.74) is 8.82. The van der Waals surface area contributed by atoms with Crippen molar-refractivity contribution in [3.63, 3.8) is 0 Å². The third-order valence-corrected chi connectivity index (χ3v) is 6.22. The van der Waals surface area contributed by atoms with Crippen molar-refractivity contribution in [3.05, 3.63) is 92.7 Å². The molecule has 0 bridgehead atoms. The van der Waals surface area contributed by atoms with Gasteiger partial charge in [-0.15, -0.1) is 0 Å². The quantitative estimate of drug-likeness (QED) is 0.558. The molecule has 1 aliphatic heterocycles. The third-order valence-electron chi connectivity index (χ3n) is 6.22. The molecule has 0 saturated carbocycles. The van der Waals surface area contributed by atoms with Crippen molar-refractivity contribution in [2.75, 3.05) is 21.3 Å². The number of hydrogen-bond acceptors (Lipinski definition) is 7. The summed E-state index contributed by atoms with van der Waals surface area (Å²) < 4.78 is 23.6. The van der Waals surface area contributed by atoms with Gasteiger partial charge in [0.15, 0.2) is 0 Å². The minimum atomic E-state index is -0.745. The molecule has 2 N–H and O–H groups in total. The van der Waals surface area contributed by atoms with Gasteiger partial charge in [0.2, 0.25) is 5.88 Å². The highest BCUT2D eigenvalue weighted by molar-refractivity contribution is 5.59. The second kappa shape index (κ2) is 9.85. The third kappa shape index (κ3) is 4.41. The lowest BCUT2D eigenvalue weighted by Gasteiger charge is -2.28. The van der Waals surface area contributed by atoms with Crippen molar-refractivity contribution < 1.29 is 18.9 Å². The molecule has 0 spiro atoms. The highest BCUT2D eigenvalue weighted by Crippen LogP contribution is 2.44. The van der Waals surface area contributed by atoms with Gasteiger partial charge in [-0.25, -0.2) is 0 Å². The van der Waals surface area contributed by atoms with E-state index in [2.05, 4.69) is 6.07 Å². The van der Waals surface area contributed by atoms with Crippen molar-refractivity contribution >= 4 is 0 Å². The number of ether oxygens (including phenoxy) is 4. The molecule has 1 aliphatic rings. The molecule has 1 atom stereocenters. The zero-order valence-corrected chi connectivity index (χ0v) is 20.1. The molecule has 180 valence electrons. The van der Waals surface area contributed by atoms with E-state index < -0.39 is 5.92 Å². The molecular weight excluding hydrogens is 446 g/mol. The second-order valence-corrected chi connectivity index (χ2v) is 8.15. The second-order valence-electron chi connectivity index (χ2n) is 8.15. The van der Waals surface area contributed by atoms with Crippen LogP contribution >= 0.6 is 0 Å². The number of aryl methyl sites for hydroxylation is 2. The highest BCUT2D eigenvalue weighted by atomic mass is 16.5. The predicted octanol–water partition coefficient (Wildman–Crippen LogP) is 3.64. The molecular formula is C27H27N3O5. The molecule has 35 heavy (non-hydrogen) atoms. The van der Waals surface area contributed by atoms with Gasteiger partial charge in [0.25, 0.3) is 5.56 Å². The molecule has 0 aliphatic carbocycles. The van der Waals surface area contributed by atoms with Gasteiger partial charge >= 0.3 is 0 Å². The van der Waals surface area contributed by atoms with Crippen LogP contribution in [0, 0.1) is 18.3 Å². The van der Waals surface area contributed by atoms with E-state index in [-0.39, 0.29) is 17.0 Å². The number of pyridine rings is 1. The van der Waals surface area contributed by atoms with Gasteiger partial charge in [0.1, 0.15) is 34.6 Å². The van der Waals surface area contributed by atoms with Gasteiger partial charge in [-0.1, -0.05) is 18.2 Å². The number of allylic oxidation sites excluding steroid dienone is 1. The van der Waals surface area contributed by atoms with E-state index in [1.807, 2.05) is 31.2 Å². The molecule has 0 fully saturated rings. The first-order valence-corrected chi connectivity index (χ1v) is 11.1. The van der Waals surface area contributed by atoms with Gasteiger partial charge in [-0.05, 0) is 37.1 Å². The Labute approximate surface area is 203 Å². The summed E-state index contributed by atoms with van der Waals surface area (Å²) in [4.78, 5) is 13.9. The van der Waals surface area contributed by atoms with Crippen LogP contribution in [0.4, 0.5) is 0 Å². The maximum absolute atomic E-state index is 13.9. The fourth-order valence-corrected chi connectivity index (χ4v) is 4.37. The van der Waals surface area contributed by atoms with Crippen LogP contribution in [0.3, 0.4) is 0 Å².